The van der Waals surface area contributed by atoms with Gasteiger partial charge in [-0.2, -0.15) is 0 Å². The van der Waals surface area contributed by atoms with Gasteiger partial charge in [-0.05, 0) is 30.7 Å². The number of nitrogens with two attached hydrogens (primary N) is 1. The lowest BCUT2D eigenvalue weighted by molar-refractivity contribution is 0.0742. The van der Waals surface area contributed by atoms with E-state index in [1.54, 1.807) is 6.20 Å². The molecule has 5 nitrogen and oxygen atoms in total. The van der Waals surface area contributed by atoms with Crippen molar-refractivity contribution in [3.05, 3.63) is 59.8 Å². The maximum absolute atomic E-state index is 12.8. The Morgan fingerprint density at radius 1 is 1.13 bits per heavy atom. The maximum Gasteiger partial charge on any atom is 0.255 e. The molecule has 0 atom stereocenters. The van der Waals surface area contributed by atoms with Crippen LogP contribution in [0.2, 0.25) is 0 Å². The summed E-state index contributed by atoms with van der Waals surface area (Å²) in [6, 6.07) is 13.7. The minimum Gasteiger partial charge on any atom is -0.363 e. The largest absolute Gasteiger partial charge is 0.363 e. The van der Waals surface area contributed by atoms with Crippen LogP contribution in [0.15, 0.2) is 48.7 Å². The molecule has 1 heterocycles. The number of benzene rings is 1. The molecule has 0 radical (unpaired) electrons. The van der Waals surface area contributed by atoms with E-state index in [0.29, 0.717) is 25.2 Å². The predicted octanol–water partition coefficient (Wildman–Crippen LogP) is 2.14. The third-order valence-corrected chi connectivity index (χ3v) is 3.59. The Morgan fingerprint density at radius 3 is 2.43 bits per heavy atom. The molecule has 1 amide bonds. The van der Waals surface area contributed by atoms with Crippen molar-refractivity contribution in [2.45, 2.75) is 13.0 Å². The molecule has 0 fully saturated rings. The Labute approximate surface area is 137 Å². The Morgan fingerprint density at radius 2 is 1.87 bits per heavy atom. The summed E-state index contributed by atoms with van der Waals surface area (Å²) in [5.41, 5.74) is 7.31. The zero-order valence-corrected chi connectivity index (χ0v) is 13.8. The highest BCUT2D eigenvalue weighted by Gasteiger charge is 2.16. The number of aromatic nitrogens is 1. The summed E-state index contributed by atoms with van der Waals surface area (Å²) in [6.07, 6.45) is 2.42. The maximum atomic E-state index is 12.8. The second kappa shape index (κ2) is 8.29. The highest BCUT2D eigenvalue weighted by Crippen LogP contribution is 2.13. The summed E-state index contributed by atoms with van der Waals surface area (Å²) in [5, 5.41) is 0. The molecule has 0 unspecified atom stereocenters. The second-order valence-corrected chi connectivity index (χ2v) is 5.65. The average Bonchev–Trinajstić information content (AvgIpc) is 2.59. The van der Waals surface area contributed by atoms with Crippen molar-refractivity contribution < 1.29 is 4.79 Å². The van der Waals surface area contributed by atoms with E-state index in [9.17, 15) is 4.79 Å². The van der Waals surface area contributed by atoms with E-state index < -0.39 is 0 Å². The quantitative estimate of drug-likeness (QED) is 0.851. The molecule has 2 aromatic rings. The number of amides is 1. The number of nitrogens with zero attached hydrogens (tertiary/aromatic N) is 3. The monoisotopic (exact) mass is 312 g/mol. The molecule has 0 saturated heterocycles. The standard InChI is InChI=1S/C18H24N4O/c1-21(2)17-10-9-16(13-20-17)18(23)22(12-6-11-19)14-15-7-4-3-5-8-15/h3-5,7-10,13H,6,11-12,14,19H2,1-2H3. The van der Waals surface area contributed by atoms with Crippen LogP contribution < -0.4 is 10.6 Å². The van der Waals surface area contributed by atoms with E-state index in [2.05, 4.69) is 4.98 Å². The summed E-state index contributed by atoms with van der Waals surface area (Å²) in [6.45, 7) is 1.78. The molecule has 1 aromatic heterocycles. The first-order valence-corrected chi connectivity index (χ1v) is 7.78. The lowest BCUT2D eigenvalue weighted by atomic mass is 10.1. The molecular formula is C18H24N4O. The van der Waals surface area contributed by atoms with Gasteiger partial charge in [-0.25, -0.2) is 4.98 Å². The van der Waals surface area contributed by atoms with Crippen molar-refractivity contribution in [1.82, 2.24) is 9.88 Å². The van der Waals surface area contributed by atoms with Crippen LogP contribution in [-0.2, 0) is 6.54 Å². The Hall–Kier alpha value is -2.40. The fraction of sp³-hybridized carbons (Fsp3) is 0.333. The number of hydrogen-bond acceptors (Lipinski definition) is 4. The van der Waals surface area contributed by atoms with Crippen molar-refractivity contribution in [2.75, 3.05) is 32.1 Å². The molecular weight excluding hydrogens is 288 g/mol. The first-order chi connectivity index (χ1) is 11.1. The Bertz CT molecular complexity index is 611. The molecule has 5 heteroatoms. The van der Waals surface area contributed by atoms with Gasteiger partial charge < -0.3 is 15.5 Å². The van der Waals surface area contributed by atoms with Gasteiger partial charge in [0.1, 0.15) is 5.82 Å². The molecule has 0 aliphatic rings. The third-order valence-electron chi connectivity index (χ3n) is 3.59. The zero-order chi connectivity index (χ0) is 16.7. The fourth-order valence-corrected chi connectivity index (χ4v) is 2.30. The van der Waals surface area contributed by atoms with Crippen LogP contribution in [-0.4, -0.2) is 43.0 Å². The molecule has 122 valence electrons. The normalized spacial score (nSPS) is 10.4. The van der Waals surface area contributed by atoms with Gasteiger partial charge in [0, 0.05) is 33.4 Å². The van der Waals surface area contributed by atoms with Crippen molar-refractivity contribution >= 4 is 11.7 Å². The van der Waals surface area contributed by atoms with Crippen molar-refractivity contribution in [3.63, 3.8) is 0 Å². The van der Waals surface area contributed by atoms with Gasteiger partial charge in [-0.1, -0.05) is 30.3 Å². The molecule has 0 bridgehead atoms. The SMILES string of the molecule is CN(C)c1ccc(C(=O)N(CCCN)Cc2ccccc2)cn1. The number of anilines is 1. The summed E-state index contributed by atoms with van der Waals surface area (Å²) < 4.78 is 0. The van der Waals surface area contributed by atoms with E-state index >= 15 is 0 Å². The van der Waals surface area contributed by atoms with Crippen molar-refractivity contribution in [2.24, 2.45) is 5.73 Å². The average molecular weight is 312 g/mol. The highest BCUT2D eigenvalue weighted by molar-refractivity contribution is 5.94. The summed E-state index contributed by atoms with van der Waals surface area (Å²) in [7, 11) is 3.85. The highest BCUT2D eigenvalue weighted by atomic mass is 16.2. The molecule has 0 aliphatic carbocycles. The Balaban J connectivity index is 2.15. The molecule has 23 heavy (non-hydrogen) atoms. The third kappa shape index (κ3) is 4.79. The van der Waals surface area contributed by atoms with Crippen LogP contribution in [0.1, 0.15) is 22.3 Å². The van der Waals surface area contributed by atoms with E-state index in [-0.39, 0.29) is 5.91 Å². The first kappa shape index (κ1) is 17.0. The van der Waals surface area contributed by atoms with Crippen molar-refractivity contribution in [3.8, 4) is 0 Å². The van der Waals surface area contributed by atoms with Gasteiger partial charge in [-0.3, -0.25) is 4.79 Å². The predicted molar refractivity (Wildman–Crippen MR) is 93.4 cm³/mol. The number of rotatable bonds is 7. The van der Waals surface area contributed by atoms with Crippen molar-refractivity contribution in [1.29, 1.82) is 0 Å². The van der Waals surface area contributed by atoms with Gasteiger partial charge in [-0.15, -0.1) is 0 Å². The van der Waals surface area contributed by atoms with Gasteiger partial charge in [0.2, 0.25) is 0 Å². The smallest absolute Gasteiger partial charge is 0.255 e. The topological polar surface area (TPSA) is 62.5 Å². The minimum atomic E-state index is -0.0138. The fourth-order valence-electron chi connectivity index (χ4n) is 2.30. The van der Waals surface area contributed by atoms with Crippen LogP contribution in [0.3, 0.4) is 0 Å². The molecule has 2 rings (SSSR count). The number of carbonyl (C=O) groups excluding carboxylic acids is 1. The van der Waals surface area contributed by atoms with Gasteiger partial charge >= 0.3 is 0 Å². The Kier molecular flexibility index (Phi) is 6.11. The number of pyridine rings is 1. The van der Waals surface area contributed by atoms with Crippen LogP contribution >= 0.6 is 0 Å². The lowest BCUT2D eigenvalue weighted by Gasteiger charge is -2.23. The molecule has 2 N–H and O–H groups in total. The van der Waals surface area contributed by atoms with Gasteiger partial charge in [0.05, 0.1) is 5.56 Å². The second-order valence-electron chi connectivity index (χ2n) is 5.65. The van der Waals surface area contributed by atoms with Crippen LogP contribution in [0, 0.1) is 0 Å². The molecule has 1 aromatic carbocycles. The lowest BCUT2D eigenvalue weighted by Crippen LogP contribution is -2.32. The van der Waals surface area contributed by atoms with Crippen LogP contribution in [0.25, 0.3) is 0 Å². The summed E-state index contributed by atoms with van der Waals surface area (Å²) in [4.78, 5) is 20.8. The van der Waals surface area contributed by atoms with E-state index in [4.69, 9.17) is 5.73 Å². The summed E-state index contributed by atoms with van der Waals surface area (Å²) >= 11 is 0. The minimum absolute atomic E-state index is 0.0138. The van der Waals surface area contributed by atoms with E-state index in [1.807, 2.05) is 66.4 Å². The van der Waals surface area contributed by atoms with Gasteiger partial charge in [0.15, 0.2) is 0 Å². The number of carbonyl (C=O) groups is 1. The van der Waals surface area contributed by atoms with Crippen LogP contribution in [0.5, 0.6) is 0 Å². The zero-order valence-electron chi connectivity index (χ0n) is 13.8. The van der Waals surface area contributed by atoms with Gasteiger partial charge in [0.25, 0.3) is 5.91 Å². The molecule has 0 saturated carbocycles. The number of hydrogen-bond donors (Lipinski definition) is 1. The summed E-state index contributed by atoms with van der Waals surface area (Å²) in [5.74, 6) is 0.818. The van der Waals surface area contributed by atoms with E-state index in [1.165, 1.54) is 0 Å². The van der Waals surface area contributed by atoms with E-state index in [0.717, 1.165) is 17.8 Å². The first-order valence-electron chi connectivity index (χ1n) is 7.78. The molecule has 0 spiro atoms. The molecule has 0 aliphatic heterocycles. The van der Waals surface area contributed by atoms with Crippen LogP contribution in [0.4, 0.5) is 5.82 Å².